The fraction of sp³-hybridized carbons (Fsp3) is 0.0833. The van der Waals surface area contributed by atoms with Gasteiger partial charge in [0.1, 0.15) is 0 Å². The van der Waals surface area contributed by atoms with Crippen LogP contribution in [0.5, 0.6) is 11.5 Å². The maximum absolute atomic E-state index is 12.2. The molecule has 0 saturated carbocycles. The van der Waals surface area contributed by atoms with Crippen LogP contribution < -0.4 is 8.37 Å². The minimum absolute atomic E-state index is 0.0297. The van der Waals surface area contributed by atoms with Crippen molar-refractivity contribution in [2.45, 2.75) is 0 Å². The molecule has 0 aliphatic rings. The quantitative estimate of drug-likeness (QED) is 0.277. The average molecular weight is 499 g/mol. The second-order valence-corrected chi connectivity index (χ2v) is 10.7. The predicted octanol–water partition coefficient (Wildman–Crippen LogP) is 3.96. The van der Waals surface area contributed by atoms with E-state index < -0.39 is 20.2 Å². The Morgan fingerprint density at radius 1 is 0.588 bits per heavy atom. The molecule has 0 saturated heterocycles. The first-order valence-electron chi connectivity index (χ1n) is 9.83. The van der Waals surface area contributed by atoms with Gasteiger partial charge in [-0.15, -0.1) is 0 Å². The first kappa shape index (κ1) is 23.4. The van der Waals surface area contributed by atoms with Crippen LogP contribution in [0, 0.1) is 0 Å². The van der Waals surface area contributed by atoms with Crippen LogP contribution in [-0.2, 0) is 20.2 Å². The second kappa shape index (κ2) is 8.54. The van der Waals surface area contributed by atoms with Gasteiger partial charge in [-0.3, -0.25) is 9.59 Å². The summed E-state index contributed by atoms with van der Waals surface area (Å²) in [6, 6.07) is 16.0. The third-order valence-electron chi connectivity index (χ3n) is 5.06. The summed E-state index contributed by atoms with van der Waals surface area (Å²) in [5.41, 5.74) is 0.913. The fourth-order valence-corrected chi connectivity index (χ4v) is 4.86. The zero-order valence-electron chi connectivity index (χ0n) is 18.0. The molecule has 8 nitrogen and oxygen atoms in total. The van der Waals surface area contributed by atoms with Crippen molar-refractivity contribution in [2.24, 2.45) is 0 Å². The van der Waals surface area contributed by atoms with E-state index in [2.05, 4.69) is 0 Å². The lowest BCUT2D eigenvalue weighted by Gasteiger charge is -2.18. The summed E-state index contributed by atoms with van der Waals surface area (Å²) in [7, 11) is -7.77. The van der Waals surface area contributed by atoms with E-state index in [0.717, 1.165) is 12.5 Å². The Morgan fingerprint density at radius 3 is 1.21 bits per heavy atom. The van der Waals surface area contributed by atoms with Crippen LogP contribution >= 0.6 is 0 Å². The van der Waals surface area contributed by atoms with Gasteiger partial charge in [-0.1, -0.05) is 48.5 Å². The highest BCUT2D eigenvalue weighted by molar-refractivity contribution is 7.86. The number of carbonyl (C=O) groups is 2. The van der Waals surface area contributed by atoms with Crippen molar-refractivity contribution in [3.05, 3.63) is 71.8 Å². The highest BCUT2D eigenvalue weighted by Crippen LogP contribution is 2.44. The standard InChI is InChI=1S/C24H18O8S2/c1-33(27,28)31-21-11-15(13-25)23(19-9-5-3-7-17(19)21)24-16(14-26)12-22(32-34(2,29)30)18-8-4-6-10-20(18)24/h3-14H,1-2H3. The van der Waals surface area contributed by atoms with Crippen LogP contribution in [-0.4, -0.2) is 41.9 Å². The molecule has 0 spiro atoms. The Kier molecular flexibility index (Phi) is 5.88. The van der Waals surface area contributed by atoms with Crippen molar-refractivity contribution in [3.8, 4) is 22.6 Å². The largest absolute Gasteiger partial charge is 0.382 e. The van der Waals surface area contributed by atoms with Gasteiger partial charge in [0.2, 0.25) is 0 Å². The van der Waals surface area contributed by atoms with E-state index in [4.69, 9.17) is 8.37 Å². The zero-order valence-corrected chi connectivity index (χ0v) is 19.6. The Balaban J connectivity index is 2.18. The van der Waals surface area contributed by atoms with Gasteiger partial charge in [0.15, 0.2) is 24.1 Å². The molecule has 174 valence electrons. The summed E-state index contributed by atoms with van der Waals surface area (Å²) < 4.78 is 57.5. The van der Waals surface area contributed by atoms with Crippen molar-refractivity contribution >= 4 is 54.4 Å². The molecule has 0 radical (unpaired) electrons. The molecule has 0 N–H and O–H groups in total. The second-order valence-electron chi connectivity index (χ2n) is 7.58. The van der Waals surface area contributed by atoms with E-state index in [0.29, 0.717) is 45.2 Å². The number of rotatable bonds is 7. The van der Waals surface area contributed by atoms with E-state index in [9.17, 15) is 26.4 Å². The van der Waals surface area contributed by atoms with Gasteiger partial charge in [-0.2, -0.15) is 16.8 Å². The summed E-state index contributed by atoms with van der Waals surface area (Å²) >= 11 is 0. The molecule has 0 bridgehead atoms. The Hall–Kier alpha value is -3.76. The van der Waals surface area contributed by atoms with Crippen LogP contribution in [0.25, 0.3) is 32.7 Å². The third-order valence-corrected chi connectivity index (χ3v) is 6.03. The minimum atomic E-state index is -3.89. The normalized spacial score (nSPS) is 11.9. The topological polar surface area (TPSA) is 121 Å². The Morgan fingerprint density at radius 2 is 0.912 bits per heavy atom. The molecule has 0 amide bonds. The number of benzene rings is 4. The highest BCUT2D eigenvalue weighted by atomic mass is 32.2. The highest BCUT2D eigenvalue weighted by Gasteiger charge is 2.23. The van der Waals surface area contributed by atoms with Crippen molar-refractivity contribution < 1.29 is 34.8 Å². The summed E-state index contributed by atoms with van der Waals surface area (Å²) in [5.74, 6) is -0.0594. The van der Waals surface area contributed by atoms with E-state index in [1.54, 1.807) is 48.5 Å². The lowest BCUT2D eigenvalue weighted by atomic mass is 9.87. The molecule has 4 aromatic rings. The summed E-state index contributed by atoms with van der Waals surface area (Å²) in [6.45, 7) is 0. The Bertz CT molecular complexity index is 1560. The van der Waals surface area contributed by atoms with Crippen LogP contribution in [0.3, 0.4) is 0 Å². The smallest absolute Gasteiger partial charge is 0.306 e. The molecule has 4 rings (SSSR count). The number of hydrogen-bond donors (Lipinski definition) is 0. The summed E-state index contributed by atoms with van der Waals surface area (Å²) in [5, 5.41) is 1.75. The van der Waals surface area contributed by atoms with Gasteiger partial charge in [-0.05, 0) is 22.9 Å². The molecule has 0 atom stereocenters. The van der Waals surface area contributed by atoms with Crippen molar-refractivity contribution in [1.82, 2.24) is 0 Å². The predicted molar refractivity (Wildman–Crippen MR) is 129 cm³/mol. The lowest BCUT2D eigenvalue weighted by Crippen LogP contribution is -2.08. The Labute approximate surface area is 196 Å². The molecular formula is C24H18O8S2. The molecule has 34 heavy (non-hydrogen) atoms. The monoisotopic (exact) mass is 498 g/mol. The van der Waals surface area contributed by atoms with Crippen LogP contribution in [0.1, 0.15) is 20.7 Å². The average Bonchev–Trinajstić information content (AvgIpc) is 2.77. The van der Waals surface area contributed by atoms with E-state index >= 15 is 0 Å². The molecule has 0 fully saturated rings. The SMILES string of the molecule is CS(=O)(=O)Oc1cc(C=O)c(-c2c(C=O)cc(OS(C)(=O)=O)c3ccccc23)c2ccccc12. The molecule has 0 unspecified atom stereocenters. The summed E-state index contributed by atoms with van der Waals surface area (Å²) in [4.78, 5) is 24.3. The van der Waals surface area contributed by atoms with Gasteiger partial charge in [0.25, 0.3) is 0 Å². The molecule has 0 aromatic heterocycles. The van der Waals surface area contributed by atoms with Gasteiger partial charge < -0.3 is 8.37 Å². The molecule has 10 heteroatoms. The maximum atomic E-state index is 12.2. The fourth-order valence-electron chi connectivity index (χ4n) is 3.93. The van der Waals surface area contributed by atoms with E-state index in [1.165, 1.54) is 12.1 Å². The minimum Gasteiger partial charge on any atom is -0.382 e. The van der Waals surface area contributed by atoms with E-state index in [-0.39, 0.29) is 22.6 Å². The maximum Gasteiger partial charge on any atom is 0.306 e. The van der Waals surface area contributed by atoms with Gasteiger partial charge in [0.05, 0.1) is 12.5 Å². The first-order chi connectivity index (χ1) is 16.0. The third kappa shape index (κ3) is 4.50. The number of hydrogen-bond acceptors (Lipinski definition) is 8. The van der Waals surface area contributed by atoms with Crippen LogP contribution in [0.4, 0.5) is 0 Å². The lowest BCUT2D eigenvalue weighted by molar-refractivity contribution is 0.111. The molecule has 0 aliphatic carbocycles. The van der Waals surface area contributed by atoms with Crippen LogP contribution in [0.2, 0.25) is 0 Å². The van der Waals surface area contributed by atoms with Crippen LogP contribution in [0.15, 0.2) is 60.7 Å². The van der Waals surface area contributed by atoms with Crippen molar-refractivity contribution in [3.63, 3.8) is 0 Å². The molecule has 0 heterocycles. The zero-order chi connectivity index (χ0) is 24.7. The van der Waals surface area contributed by atoms with E-state index in [1.807, 2.05) is 0 Å². The number of aldehydes is 2. The number of fused-ring (bicyclic) bond motifs is 2. The van der Waals surface area contributed by atoms with Gasteiger partial charge in [0, 0.05) is 33.0 Å². The molecular weight excluding hydrogens is 480 g/mol. The molecule has 4 aromatic carbocycles. The first-order valence-corrected chi connectivity index (χ1v) is 13.5. The molecule has 0 aliphatic heterocycles. The van der Waals surface area contributed by atoms with Crippen molar-refractivity contribution in [1.29, 1.82) is 0 Å². The number of carbonyl (C=O) groups excluding carboxylic acids is 2. The van der Waals surface area contributed by atoms with Crippen molar-refractivity contribution in [2.75, 3.05) is 12.5 Å². The summed E-state index contributed by atoms with van der Waals surface area (Å²) in [6.07, 6.45) is 2.88. The van der Waals surface area contributed by atoms with Gasteiger partial charge in [-0.25, -0.2) is 0 Å². The van der Waals surface area contributed by atoms with Gasteiger partial charge >= 0.3 is 20.2 Å².